The number of aliphatic hydroxyl groups is 2. The Balaban J connectivity index is 1.50. The number of benzene rings is 4. The maximum Gasteiger partial charge on any atom is 0.193 e. The molecule has 0 aliphatic rings. The second-order valence-electron chi connectivity index (χ2n) is 9.86. The number of aryl methyl sites for hydroxylation is 1. The molecule has 3 nitrogen and oxygen atoms in total. The Morgan fingerprint density at radius 3 is 1.91 bits per heavy atom. The molecule has 0 aromatic heterocycles. The van der Waals surface area contributed by atoms with Crippen LogP contribution in [-0.4, -0.2) is 21.6 Å². The molecule has 0 spiro atoms. The van der Waals surface area contributed by atoms with Crippen molar-refractivity contribution in [3.05, 3.63) is 131 Å². The van der Waals surface area contributed by atoms with Crippen LogP contribution < -0.4 is 0 Å². The molecule has 0 aliphatic carbocycles. The number of rotatable bonds is 9. The van der Waals surface area contributed by atoms with Gasteiger partial charge in [-0.15, -0.1) is 0 Å². The lowest BCUT2D eigenvalue weighted by Gasteiger charge is -2.34. The highest BCUT2D eigenvalue weighted by Gasteiger charge is 2.34. The highest BCUT2D eigenvalue weighted by molar-refractivity contribution is 6.09. The Morgan fingerprint density at radius 1 is 0.686 bits per heavy atom. The summed E-state index contributed by atoms with van der Waals surface area (Å²) in [5.41, 5.74) is 3.18. The SMILES string of the molecule is CC(C)(O)CC(O)(CCc1ccc(-c2cccc(C(=O)c3ccccc3)c2)cc1)c1ccccc1. The lowest BCUT2D eigenvalue weighted by Crippen LogP contribution is -2.36. The van der Waals surface area contributed by atoms with Gasteiger partial charge in [-0.05, 0) is 55.0 Å². The van der Waals surface area contributed by atoms with E-state index in [2.05, 4.69) is 24.3 Å². The van der Waals surface area contributed by atoms with Crippen LogP contribution in [0.1, 0.15) is 53.7 Å². The summed E-state index contributed by atoms with van der Waals surface area (Å²) in [5, 5.41) is 21.9. The normalized spacial score (nSPS) is 13.3. The van der Waals surface area contributed by atoms with Gasteiger partial charge in [-0.2, -0.15) is 0 Å². The van der Waals surface area contributed by atoms with E-state index in [1.54, 1.807) is 13.8 Å². The smallest absolute Gasteiger partial charge is 0.193 e. The molecule has 35 heavy (non-hydrogen) atoms. The zero-order valence-corrected chi connectivity index (χ0v) is 20.3. The summed E-state index contributed by atoms with van der Waals surface area (Å²) in [6.45, 7) is 3.46. The third kappa shape index (κ3) is 6.33. The molecule has 4 aromatic rings. The molecule has 1 unspecified atom stereocenters. The topological polar surface area (TPSA) is 57.5 Å². The van der Waals surface area contributed by atoms with Gasteiger partial charge in [0.1, 0.15) is 0 Å². The van der Waals surface area contributed by atoms with Crippen molar-refractivity contribution in [1.29, 1.82) is 0 Å². The fourth-order valence-corrected chi connectivity index (χ4v) is 4.61. The fraction of sp³-hybridized carbons (Fsp3) is 0.219. The first-order valence-electron chi connectivity index (χ1n) is 12.0. The molecule has 0 radical (unpaired) electrons. The second kappa shape index (κ2) is 10.4. The molecule has 0 heterocycles. The van der Waals surface area contributed by atoms with Gasteiger partial charge in [0, 0.05) is 17.5 Å². The van der Waals surface area contributed by atoms with Crippen molar-refractivity contribution in [2.24, 2.45) is 0 Å². The number of hydrogen-bond acceptors (Lipinski definition) is 3. The van der Waals surface area contributed by atoms with Gasteiger partial charge in [0.05, 0.1) is 11.2 Å². The first-order chi connectivity index (χ1) is 16.7. The van der Waals surface area contributed by atoms with Gasteiger partial charge >= 0.3 is 0 Å². The summed E-state index contributed by atoms with van der Waals surface area (Å²) in [7, 11) is 0. The Morgan fingerprint density at radius 2 is 1.29 bits per heavy atom. The lowest BCUT2D eigenvalue weighted by molar-refractivity contribution is -0.0556. The molecule has 0 saturated heterocycles. The number of carbonyl (C=O) groups is 1. The van der Waals surface area contributed by atoms with Gasteiger partial charge in [0.15, 0.2) is 5.78 Å². The van der Waals surface area contributed by atoms with Crippen LogP contribution in [0.2, 0.25) is 0 Å². The molecule has 0 amide bonds. The van der Waals surface area contributed by atoms with E-state index in [0.29, 0.717) is 24.0 Å². The summed E-state index contributed by atoms with van der Waals surface area (Å²) in [4.78, 5) is 12.8. The minimum absolute atomic E-state index is 0.0103. The predicted octanol–water partition coefficient (Wildman–Crippen LogP) is 6.57. The number of carbonyl (C=O) groups excluding carboxylic acids is 1. The first kappa shape index (κ1) is 24.6. The Kier molecular flexibility index (Phi) is 7.30. The van der Waals surface area contributed by atoms with E-state index in [-0.39, 0.29) is 12.2 Å². The first-order valence-corrected chi connectivity index (χ1v) is 12.0. The van der Waals surface area contributed by atoms with E-state index in [1.165, 1.54) is 0 Å². The van der Waals surface area contributed by atoms with E-state index in [0.717, 1.165) is 22.3 Å². The van der Waals surface area contributed by atoms with Crippen molar-refractivity contribution in [3.8, 4) is 11.1 Å². The fourth-order valence-electron chi connectivity index (χ4n) is 4.61. The standard InChI is InChI=1S/C32H32O3/c1-31(2,34)23-32(35,29-14-7-4-8-15-29)21-20-24-16-18-25(19-17-24)27-12-9-13-28(22-27)30(33)26-10-5-3-6-11-26/h3-19,22,34-35H,20-21,23H2,1-2H3. The van der Waals surface area contributed by atoms with E-state index in [4.69, 9.17) is 0 Å². The Bertz CT molecular complexity index is 1260. The predicted molar refractivity (Wildman–Crippen MR) is 141 cm³/mol. The quantitative estimate of drug-likeness (QED) is 0.276. The molecule has 4 rings (SSSR count). The van der Waals surface area contributed by atoms with Crippen molar-refractivity contribution >= 4 is 5.78 Å². The van der Waals surface area contributed by atoms with Crippen LogP contribution in [0.4, 0.5) is 0 Å². The molecule has 3 heteroatoms. The summed E-state index contributed by atoms with van der Waals surface area (Å²) < 4.78 is 0. The van der Waals surface area contributed by atoms with Crippen molar-refractivity contribution in [1.82, 2.24) is 0 Å². The maximum absolute atomic E-state index is 12.8. The van der Waals surface area contributed by atoms with Gasteiger partial charge < -0.3 is 10.2 Å². The zero-order chi connectivity index (χ0) is 24.9. The molecule has 178 valence electrons. The summed E-state index contributed by atoms with van der Waals surface area (Å²) in [6.07, 6.45) is 1.43. The van der Waals surface area contributed by atoms with Crippen LogP contribution in [0.15, 0.2) is 109 Å². The molecule has 0 saturated carbocycles. The molecule has 4 aromatic carbocycles. The van der Waals surface area contributed by atoms with E-state index in [9.17, 15) is 15.0 Å². The maximum atomic E-state index is 12.8. The largest absolute Gasteiger partial charge is 0.390 e. The van der Waals surface area contributed by atoms with Gasteiger partial charge in [-0.3, -0.25) is 4.79 Å². The summed E-state index contributed by atoms with van der Waals surface area (Å²) in [5.74, 6) is 0.0103. The second-order valence-corrected chi connectivity index (χ2v) is 9.86. The third-order valence-electron chi connectivity index (χ3n) is 6.31. The van der Waals surface area contributed by atoms with E-state index < -0.39 is 11.2 Å². The van der Waals surface area contributed by atoms with Crippen LogP contribution in [0.3, 0.4) is 0 Å². The van der Waals surface area contributed by atoms with Gasteiger partial charge in [-0.25, -0.2) is 0 Å². The van der Waals surface area contributed by atoms with Crippen LogP contribution in [0.5, 0.6) is 0 Å². The summed E-state index contributed by atoms with van der Waals surface area (Å²) in [6, 6.07) is 34.8. The Hall–Kier alpha value is -3.53. The van der Waals surface area contributed by atoms with Crippen LogP contribution >= 0.6 is 0 Å². The molecule has 0 fully saturated rings. The van der Waals surface area contributed by atoms with Gasteiger partial charge in [0.2, 0.25) is 0 Å². The number of hydrogen-bond donors (Lipinski definition) is 2. The monoisotopic (exact) mass is 464 g/mol. The van der Waals surface area contributed by atoms with Crippen LogP contribution in [0, 0.1) is 0 Å². The molecule has 1 atom stereocenters. The van der Waals surface area contributed by atoms with Crippen molar-refractivity contribution in [2.75, 3.05) is 0 Å². The van der Waals surface area contributed by atoms with Crippen LogP contribution in [0.25, 0.3) is 11.1 Å². The average Bonchev–Trinajstić information content (AvgIpc) is 2.87. The van der Waals surface area contributed by atoms with E-state index >= 15 is 0 Å². The van der Waals surface area contributed by atoms with Gasteiger partial charge in [0.25, 0.3) is 0 Å². The van der Waals surface area contributed by atoms with Crippen molar-refractivity contribution < 1.29 is 15.0 Å². The lowest BCUT2D eigenvalue weighted by atomic mass is 9.79. The van der Waals surface area contributed by atoms with Gasteiger partial charge in [-0.1, -0.05) is 103 Å². The zero-order valence-electron chi connectivity index (χ0n) is 20.3. The average molecular weight is 465 g/mol. The van der Waals surface area contributed by atoms with E-state index in [1.807, 2.05) is 84.9 Å². The Labute approximate surface area is 207 Å². The molecule has 0 aliphatic heterocycles. The van der Waals surface area contributed by atoms with Crippen LogP contribution in [-0.2, 0) is 12.0 Å². The molecular formula is C32H32O3. The molecular weight excluding hydrogens is 432 g/mol. The summed E-state index contributed by atoms with van der Waals surface area (Å²) >= 11 is 0. The number of ketones is 1. The van der Waals surface area contributed by atoms with Crippen molar-refractivity contribution in [3.63, 3.8) is 0 Å². The third-order valence-corrected chi connectivity index (χ3v) is 6.31. The highest BCUT2D eigenvalue weighted by atomic mass is 16.3. The molecule has 2 N–H and O–H groups in total. The highest BCUT2D eigenvalue weighted by Crippen LogP contribution is 2.35. The van der Waals surface area contributed by atoms with Crippen molar-refractivity contribution in [2.45, 2.75) is 44.3 Å². The minimum Gasteiger partial charge on any atom is -0.390 e. The molecule has 0 bridgehead atoms. The minimum atomic E-state index is -1.12.